The highest BCUT2D eigenvalue weighted by molar-refractivity contribution is 7.99. The summed E-state index contributed by atoms with van der Waals surface area (Å²) in [7, 11) is 0. The molecule has 0 saturated heterocycles. The number of amides is 1. The average Bonchev–Trinajstić information content (AvgIpc) is 3.23. The molecule has 1 N–H and O–H groups in total. The third-order valence-corrected chi connectivity index (χ3v) is 5.08. The molecule has 0 aliphatic carbocycles. The van der Waals surface area contributed by atoms with E-state index in [9.17, 15) is 4.79 Å². The normalized spacial score (nSPS) is 10.3. The van der Waals surface area contributed by atoms with Gasteiger partial charge < -0.3 is 9.88 Å². The number of thiophene rings is 1. The first kappa shape index (κ1) is 16.3. The fourth-order valence-corrected chi connectivity index (χ4v) is 3.64. The molecule has 0 radical (unpaired) electrons. The van der Waals surface area contributed by atoms with Gasteiger partial charge in [-0.2, -0.15) is 5.26 Å². The van der Waals surface area contributed by atoms with Crippen molar-refractivity contribution < 1.29 is 4.79 Å². The van der Waals surface area contributed by atoms with Crippen molar-refractivity contribution in [1.82, 2.24) is 9.55 Å². The number of nitrogens with one attached hydrogen (secondary N) is 1. The molecule has 0 aliphatic rings. The van der Waals surface area contributed by atoms with E-state index in [1.165, 1.54) is 28.7 Å². The predicted molar refractivity (Wildman–Crippen MR) is 96.2 cm³/mol. The molecule has 0 atom stereocenters. The number of aromatic nitrogens is 2. The van der Waals surface area contributed by atoms with E-state index in [2.05, 4.69) is 28.5 Å². The van der Waals surface area contributed by atoms with Crippen molar-refractivity contribution in [2.45, 2.75) is 11.7 Å². The van der Waals surface area contributed by atoms with Gasteiger partial charge in [0.1, 0.15) is 11.1 Å². The van der Waals surface area contributed by atoms with Crippen LogP contribution in [0.15, 0.2) is 59.3 Å². The van der Waals surface area contributed by atoms with Crippen LogP contribution in [0.25, 0.3) is 0 Å². The second-order valence-electron chi connectivity index (χ2n) is 4.94. The Kier molecular flexibility index (Phi) is 5.31. The Labute approximate surface area is 148 Å². The maximum Gasteiger partial charge on any atom is 0.235 e. The van der Waals surface area contributed by atoms with Crippen molar-refractivity contribution in [2.75, 3.05) is 11.1 Å². The first-order chi connectivity index (χ1) is 11.8. The number of anilines is 1. The van der Waals surface area contributed by atoms with Crippen LogP contribution in [-0.2, 0) is 11.3 Å². The number of imidazole rings is 1. The molecule has 24 heavy (non-hydrogen) atoms. The zero-order chi connectivity index (χ0) is 16.8. The van der Waals surface area contributed by atoms with E-state index in [0.717, 1.165) is 5.16 Å². The summed E-state index contributed by atoms with van der Waals surface area (Å²) < 4.78 is 2.01. The topological polar surface area (TPSA) is 70.7 Å². The molecule has 5 nitrogen and oxygen atoms in total. The highest BCUT2D eigenvalue weighted by Gasteiger charge is 2.11. The first-order valence-corrected chi connectivity index (χ1v) is 9.08. The lowest BCUT2D eigenvalue weighted by Crippen LogP contribution is -2.14. The minimum absolute atomic E-state index is 0.145. The van der Waals surface area contributed by atoms with Crippen LogP contribution < -0.4 is 5.32 Å². The van der Waals surface area contributed by atoms with Gasteiger partial charge in [-0.3, -0.25) is 4.79 Å². The van der Waals surface area contributed by atoms with Gasteiger partial charge in [-0.05, 0) is 17.0 Å². The lowest BCUT2D eigenvalue weighted by molar-refractivity contribution is -0.113. The summed E-state index contributed by atoms with van der Waals surface area (Å²) in [4.78, 5) is 16.4. The quantitative estimate of drug-likeness (QED) is 0.687. The monoisotopic (exact) mass is 354 g/mol. The summed E-state index contributed by atoms with van der Waals surface area (Å²) in [6.45, 7) is 0.717. The minimum atomic E-state index is -0.145. The number of thioether (sulfide) groups is 1. The van der Waals surface area contributed by atoms with E-state index < -0.39 is 0 Å². The zero-order valence-corrected chi connectivity index (χ0v) is 14.3. The van der Waals surface area contributed by atoms with E-state index >= 15 is 0 Å². The Bertz CT molecular complexity index is 864. The molecule has 2 aromatic heterocycles. The molecule has 1 aromatic carbocycles. The van der Waals surface area contributed by atoms with Crippen LogP contribution in [0.4, 0.5) is 5.00 Å². The summed E-state index contributed by atoms with van der Waals surface area (Å²) in [5.41, 5.74) is 1.67. The van der Waals surface area contributed by atoms with Gasteiger partial charge in [-0.25, -0.2) is 4.98 Å². The molecular weight excluding hydrogens is 340 g/mol. The zero-order valence-electron chi connectivity index (χ0n) is 12.7. The maximum absolute atomic E-state index is 12.1. The number of hydrogen-bond donors (Lipinski definition) is 1. The van der Waals surface area contributed by atoms with Crippen LogP contribution in [0, 0.1) is 11.3 Å². The lowest BCUT2D eigenvalue weighted by Gasteiger charge is -2.07. The standard InChI is InChI=1S/C17H14N4OS2/c18-10-14-6-9-23-16(14)20-15(22)12-24-17-19-7-8-21(17)11-13-4-2-1-3-5-13/h1-9H,11-12H2,(H,20,22). The van der Waals surface area contributed by atoms with Crippen LogP contribution in [0.3, 0.4) is 0 Å². The van der Waals surface area contributed by atoms with Gasteiger partial charge >= 0.3 is 0 Å². The molecule has 3 aromatic rings. The molecule has 0 bridgehead atoms. The van der Waals surface area contributed by atoms with E-state index in [1.807, 2.05) is 29.0 Å². The number of nitrogens with zero attached hydrogens (tertiary/aromatic N) is 3. The fourth-order valence-electron chi connectivity index (χ4n) is 2.12. The Morgan fingerprint density at radius 2 is 2.17 bits per heavy atom. The number of carbonyl (C=O) groups excluding carboxylic acids is 1. The van der Waals surface area contributed by atoms with Crippen molar-refractivity contribution in [2.24, 2.45) is 0 Å². The minimum Gasteiger partial charge on any atom is -0.322 e. The third kappa shape index (κ3) is 4.04. The lowest BCUT2D eigenvalue weighted by atomic mass is 10.2. The van der Waals surface area contributed by atoms with Crippen LogP contribution in [0.1, 0.15) is 11.1 Å². The van der Waals surface area contributed by atoms with Crippen molar-refractivity contribution in [3.05, 3.63) is 65.3 Å². The highest BCUT2D eigenvalue weighted by Crippen LogP contribution is 2.23. The van der Waals surface area contributed by atoms with Gasteiger partial charge in [0.25, 0.3) is 0 Å². The number of benzene rings is 1. The molecular formula is C17H14N4OS2. The Hall–Kier alpha value is -2.56. The number of nitriles is 1. The highest BCUT2D eigenvalue weighted by atomic mass is 32.2. The average molecular weight is 354 g/mol. The summed E-state index contributed by atoms with van der Waals surface area (Å²) >= 11 is 2.72. The smallest absolute Gasteiger partial charge is 0.235 e. The van der Waals surface area contributed by atoms with Gasteiger partial charge in [0, 0.05) is 18.9 Å². The summed E-state index contributed by atoms with van der Waals surface area (Å²) in [6, 6.07) is 13.9. The molecule has 0 saturated carbocycles. The van der Waals surface area contributed by atoms with Crippen molar-refractivity contribution >= 4 is 34.0 Å². The van der Waals surface area contributed by atoms with E-state index in [-0.39, 0.29) is 11.7 Å². The molecule has 3 rings (SSSR count). The summed E-state index contributed by atoms with van der Waals surface area (Å²) in [6.07, 6.45) is 3.64. The molecule has 0 unspecified atom stereocenters. The van der Waals surface area contributed by atoms with E-state index in [0.29, 0.717) is 17.1 Å². The molecule has 0 aliphatic heterocycles. The summed E-state index contributed by atoms with van der Waals surface area (Å²) in [5.74, 6) is 0.0994. The van der Waals surface area contributed by atoms with Gasteiger partial charge in [-0.1, -0.05) is 42.1 Å². The van der Waals surface area contributed by atoms with Crippen molar-refractivity contribution in [3.8, 4) is 6.07 Å². The largest absolute Gasteiger partial charge is 0.322 e. The maximum atomic E-state index is 12.1. The predicted octanol–water partition coefficient (Wildman–Crippen LogP) is 3.60. The van der Waals surface area contributed by atoms with Crippen LogP contribution in [-0.4, -0.2) is 21.2 Å². The van der Waals surface area contributed by atoms with E-state index in [1.54, 1.807) is 17.6 Å². The fraction of sp³-hybridized carbons (Fsp3) is 0.118. The Balaban J connectivity index is 1.58. The first-order valence-electron chi connectivity index (χ1n) is 7.21. The van der Waals surface area contributed by atoms with Crippen molar-refractivity contribution in [1.29, 1.82) is 5.26 Å². The van der Waals surface area contributed by atoms with Crippen LogP contribution >= 0.6 is 23.1 Å². The molecule has 0 fully saturated rings. The van der Waals surface area contributed by atoms with Crippen molar-refractivity contribution in [3.63, 3.8) is 0 Å². The van der Waals surface area contributed by atoms with Gasteiger partial charge in [0.2, 0.25) is 5.91 Å². The molecule has 7 heteroatoms. The Morgan fingerprint density at radius 1 is 1.33 bits per heavy atom. The third-order valence-electron chi connectivity index (χ3n) is 3.24. The number of rotatable bonds is 6. The van der Waals surface area contributed by atoms with Crippen LogP contribution in [0.5, 0.6) is 0 Å². The molecule has 1 amide bonds. The summed E-state index contributed by atoms with van der Waals surface area (Å²) in [5, 5.41) is 14.9. The number of carbonyl (C=O) groups is 1. The van der Waals surface area contributed by atoms with Crippen LogP contribution in [0.2, 0.25) is 0 Å². The van der Waals surface area contributed by atoms with Gasteiger partial charge in [0.05, 0.1) is 11.3 Å². The Morgan fingerprint density at radius 3 is 2.96 bits per heavy atom. The second-order valence-corrected chi connectivity index (χ2v) is 6.79. The molecule has 0 spiro atoms. The molecule has 2 heterocycles. The number of hydrogen-bond acceptors (Lipinski definition) is 5. The van der Waals surface area contributed by atoms with Gasteiger partial charge in [0.15, 0.2) is 5.16 Å². The van der Waals surface area contributed by atoms with Gasteiger partial charge in [-0.15, -0.1) is 11.3 Å². The SMILES string of the molecule is N#Cc1ccsc1NC(=O)CSc1nccn1Cc1ccccc1. The van der Waals surface area contributed by atoms with E-state index in [4.69, 9.17) is 5.26 Å². The second kappa shape index (κ2) is 7.81. The molecule has 120 valence electrons.